The van der Waals surface area contributed by atoms with Crippen LogP contribution in [-0.2, 0) is 11.3 Å². The van der Waals surface area contributed by atoms with Crippen LogP contribution in [0.1, 0.15) is 68.5 Å². The molecule has 2 N–H and O–H groups in total. The average Bonchev–Trinajstić information content (AvgIpc) is 3.22. The molecule has 3 rings (SSSR count). The van der Waals surface area contributed by atoms with Crippen molar-refractivity contribution in [3.8, 4) is 0 Å². The van der Waals surface area contributed by atoms with E-state index in [9.17, 15) is 9.90 Å². The van der Waals surface area contributed by atoms with Gasteiger partial charge in [0.1, 0.15) is 5.76 Å². The molecule has 1 aliphatic heterocycles. The minimum atomic E-state index is -0.989. The summed E-state index contributed by atoms with van der Waals surface area (Å²) in [7, 11) is 0. The summed E-state index contributed by atoms with van der Waals surface area (Å²) >= 11 is 1.66. The monoisotopic (exact) mass is 419 g/mol. The fraction of sp³-hybridized carbons (Fsp3) is 0.636. The minimum absolute atomic E-state index is 0.0245. The molecule has 1 amide bonds. The number of piperidine rings is 1. The highest BCUT2D eigenvalue weighted by atomic mass is 32.1. The maximum Gasteiger partial charge on any atom is 0.220 e. The van der Waals surface area contributed by atoms with E-state index in [1.54, 1.807) is 11.3 Å². The van der Waals surface area contributed by atoms with Gasteiger partial charge in [0.25, 0.3) is 0 Å². The lowest BCUT2D eigenvalue weighted by atomic mass is 9.81. The maximum absolute atomic E-state index is 12.8. The first-order chi connectivity index (χ1) is 13.5. The van der Waals surface area contributed by atoms with Gasteiger partial charge < -0.3 is 14.9 Å². The zero-order valence-electron chi connectivity index (χ0n) is 18.3. The van der Waals surface area contributed by atoms with Gasteiger partial charge in [0, 0.05) is 30.0 Å². The molecule has 0 aromatic carbocycles. The molecule has 0 unspecified atom stereocenters. The third kappa shape index (κ3) is 5.08. The second-order valence-corrected chi connectivity index (χ2v) is 10.6. The van der Waals surface area contributed by atoms with E-state index in [-0.39, 0.29) is 17.4 Å². The van der Waals surface area contributed by atoms with Crippen molar-refractivity contribution in [2.45, 2.75) is 78.6 Å². The van der Waals surface area contributed by atoms with E-state index in [1.807, 2.05) is 53.0 Å². The van der Waals surface area contributed by atoms with Crippen molar-refractivity contribution in [2.75, 3.05) is 6.54 Å². The summed E-state index contributed by atoms with van der Waals surface area (Å²) in [6, 6.07) is 3.59. The molecular weight excluding hydrogens is 386 g/mol. The van der Waals surface area contributed by atoms with Gasteiger partial charge in [0.15, 0.2) is 0 Å². The molecule has 0 saturated carbocycles. The Morgan fingerprint density at radius 3 is 2.72 bits per heavy atom. The Bertz CT molecular complexity index is 817. The number of aliphatic hydroxyl groups is 1. The number of hydrogen-bond acceptors (Lipinski definition) is 6. The summed E-state index contributed by atoms with van der Waals surface area (Å²) in [5.74, 6) is 0.793. The van der Waals surface area contributed by atoms with E-state index >= 15 is 0 Å². The van der Waals surface area contributed by atoms with Crippen molar-refractivity contribution >= 4 is 17.2 Å². The second-order valence-electron chi connectivity index (χ2n) is 9.62. The predicted octanol–water partition coefficient (Wildman–Crippen LogP) is 3.97. The van der Waals surface area contributed by atoms with Crippen LogP contribution < -0.4 is 5.32 Å². The van der Waals surface area contributed by atoms with Gasteiger partial charge in [-0.1, -0.05) is 32.0 Å². The SMILES string of the molecule is Cc1noc(C)c1CN1CC[C@@](C)(O)[C@@H](NC(=O)CC(C)(C)C)[C@@H]1c1cccs1. The molecule has 3 atom stereocenters. The minimum Gasteiger partial charge on any atom is -0.388 e. The number of carbonyl (C=O) groups is 1. The number of aryl methyl sites for hydroxylation is 2. The highest BCUT2D eigenvalue weighted by Gasteiger charge is 2.47. The maximum atomic E-state index is 12.8. The number of likely N-dealkylation sites (tertiary alicyclic amines) is 1. The van der Waals surface area contributed by atoms with Crippen LogP contribution in [0.15, 0.2) is 22.0 Å². The number of carbonyl (C=O) groups excluding carboxylic acids is 1. The molecule has 2 aromatic rings. The zero-order valence-corrected chi connectivity index (χ0v) is 19.1. The average molecular weight is 420 g/mol. The fourth-order valence-corrected chi connectivity index (χ4v) is 4.96. The molecule has 160 valence electrons. The Labute approximate surface area is 177 Å². The number of rotatable bonds is 5. The van der Waals surface area contributed by atoms with Crippen molar-refractivity contribution < 1.29 is 14.4 Å². The van der Waals surface area contributed by atoms with E-state index < -0.39 is 11.6 Å². The van der Waals surface area contributed by atoms with Crippen LogP contribution in [0.2, 0.25) is 0 Å². The molecule has 2 aromatic heterocycles. The first-order valence-electron chi connectivity index (χ1n) is 10.2. The molecule has 29 heavy (non-hydrogen) atoms. The molecule has 0 bridgehead atoms. The molecule has 1 saturated heterocycles. The summed E-state index contributed by atoms with van der Waals surface area (Å²) < 4.78 is 5.36. The van der Waals surface area contributed by atoms with Crippen molar-refractivity contribution in [3.63, 3.8) is 0 Å². The Morgan fingerprint density at radius 2 is 2.17 bits per heavy atom. The largest absolute Gasteiger partial charge is 0.388 e. The molecular formula is C22H33N3O3S. The molecule has 1 aliphatic rings. The van der Waals surface area contributed by atoms with Crippen LogP contribution in [0.4, 0.5) is 0 Å². The summed E-state index contributed by atoms with van der Waals surface area (Å²) in [6.07, 6.45) is 0.999. The topological polar surface area (TPSA) is 78.6 Å². The van der Waals surface area contributed by atoms with E-state index in [2.05, 4.69) is 21.4 Å². The lowest BCUT2D eigenvalue weighted by Gasteiger charge is -2.49. The van der Waals surface area contributed by atoms with E-state index in [0.29, 0.717) is 19.4 Å². The number of nitrogens with one attached hydrogen (secondary N) is 1. The van der Waals surface area contributed by atoms with Crippen molar-refractivity contribution in [1.82, 2.24) is 15.4 Å². The lowest BCUT2D eigenvalue weighted by Crippen LogP contribution is -2.62. The third-order valence-electron chi connectivity index (χ3n) is 5.67. The van der Waals surface area contributed by atoms with Gasteiger partial charge in [-0.25, -0.2) is 0 Å². The Balaban J connectivity index is 1.93. The second kappa shape index (κ2) is 8.20. The van der Waals surface area contributed by atoms with Gasteiger partial charge in [-0.3, -0.25) is 9.69 Å². The molecule has 1 fully saturated rings. The number of aromatic nitrogens is 1. The van der Waals surface area contributed by atoms with E-state index in [1.165, 1.54) is 0 Å². The normalized spacial score (nSPS) is 25.9. The van der Waals surface area contributed by atoms with Crippen LogP contribution in [0.3, 0.4) is 0 Å². The number of thiophene rings is 1. The summed E-state index contributed by atoms with van der Waals surface area (Å²) in [5.41, 5.74) is 0.863. The Morgan fingerprint density at radius 1 is 1.45 bits per heavy atom. The van der Waals surface area contributed by atoms with Gasteiger partial charge in [0.2, 0.25) is 5.91 Å². The van der Waals surface area contributed by atoms with Crippen molar-refractivity contribution in [3.05, 3.63) is 39.4 Å². The molecule has 7 heteroatoms. The van der Waals surface area contributed by atoms with Crippen molar-refractivity contribution in [1.29, 1.82) is 0 Å². The van der Waals surface area contributed by atoms with Gasteiger partial charge in [0.05, 0.1) is 23.4 Å². The van der Waals surface area contributed by atoms with Crippen LogP contribution in [0.5, 0.6) is 0 Å². The molecule has 0 radical (unpaired) electrons. The van der Waals surface area contributed by atoms with Crippen LogP contribution >= 0.6 is 11.3 Å². The van der Waals surface area contributed by atoms with Crippen LogP contribution in [0, 0.1) is 19.3 Å². The number of amides is 1. The highest BCUT2D eigenvalue weighted by molar-refractivity contribution is 7.10. The van der Waals surface area contributed by atoms with Crippen LogP contribution in [-0.4, -0.2) is 39.3 Å². The van der Waals surface area contributed by atoms with Gasteiger partial charge in [-0.05, 0) is 44.1 Å². The Hall–Kier alpha value is -1.70. The molecule has 6 nitrogen and oxygen atoms in total. The lowest BCUT2D eigenvalue weighted by molar-refractivity contribution is -0.130. The predicted molar refractivity (Wildman–Crippen MR) is 115 cm³/mol. The standard InChI is InChI=1S/C22H33N3O3S/c1-14-16(15(2)28-24-14)13-25-10-9-22(6,27)20(19(25)17-8-7-11-29-17)23-18(26)12-21(3,4)5/h7-8,11,19-20,27H,9-10,12-13H2,1-6H3,(H,23,26)/t19-,20-,22+/m0/s1. The molecule has 0 spiro atoms. The van der Waals surface area contributed by atoms with Gasteiger partial charge in [-0.15, -0.1) is 11.3 Å². The zero-order chi connectivity index (χ0) is 21.4. The quantitative estimate of drug-likeness (QED) is 0.767. The van der Waals surface area contributed by atoms with E-state index in [4.69, 9.17) is 4.52 Å². The van der Waals surface area contributed by atoms with Crippen LogP contribution in [0.25, 0.3) is 0 Å². The van der Waals surface area contributed by atoms with Crippen molar-refractivity contribution in [2.24, 2.45) is 5.41 Å². The summed E-state index contributed by atoms with van der Waals surface area (Å²) in [5, 5.41) is 20.5. The summed E-state index contributed by atoms with van der Waals surface area (Å²) in [6.45, 7) is 13.3. The first kappa shape index (κ1) is 22.0. The van der Waals surface area contributed by atoms with E-state index in [0.717, 1.165) is 28.4 Å². The smallest absolute Gasteiger partial charge is 0.220 e. The highest BCUT2D eigenvalue weighted by Crippen LogP contribution is 2.40. The first-order valence-corrected chi connectivity index (χ1v) is 11.1. The molecule has 3 heterocycles. The Kier molecular flexibility index (Phi) is 6.22. The van der Waals surface area contributed by atoms with Gasteiger partial charge in [-0.2, -0.15) is 0 Å². The number of nitrogens with zero attached hydrogens (tertiary/aromatic N) is 2. The third-order valence-corrected chi connectivity index (χ3v) is 6.61. The number of hydrogen-bond donors (Lipinski definition) is 2. The van der Waals surface area contributed by atoms with Gasteiger partial charge >= 0.3 is 0 Å². The summed E-state index contributed by atoms with van der Waals surface area (Å²) in [4.78, 5) is 16.3. The molecule has 0 aliphatic carbocycles. The fourth-order valence-electron chi connectivity index (χ4n) is 4.07.